The highest BCUT2D eigenvalue weighted by Gasteiger charge is 2.18. The fourth-order valence-corrected chi connectivity index (χ4v) is 1.77. The topological polar surface area (TPSA) is 76.4 Å². The first-order valence-corrected chi connectivity index (χ1v) is 6.58. The Labute approximate surface area is 119 Å². The molecule has 1 aromatic rings. The molecule has 0 atom stereocenters. The van der Waals surface area contributed by atoms with Crippen LogP contribution in [0.1, 0.15) is 20.3 Å². The Bertz CT molecular complexity index is 461. The van der Waals surface area contributed by atoms with Gasteiger partial charge in [0.25, 0.3) is 5.69 Å². The lowest BCUT2D eigenvalue weighted by molar-refractivity contribution is -0.384. The Balaban J connectivity index is 2.76. The summed E-state index contributed by atoms with van der Waals surface area (Å²) < 4.78 is 5.09. The number of anilines is 2. The summed E-state index contributed by atoms with van der Waals surface area (Å²) in [5.41, 5.74) is 1.60. The lowest BCUT2D eigenvalue weighted by Crippen LogP contribution is -2.24. The zero-order chi connectivity index (χ0) is 15.2. The van der Waals surface area contributed by atoms with Gasteiger partial charge in [0.05, 0.1) is 4.92 Å². The summed E-state index contributed by atoms with van der Waals surface area (Å²) in [4.78, 5) is 10.5. The van der Waals surface area contributed by atoms with Crippen LogP contribution in [0.2, 0.25) is 0 Å². The number of nitro benzene ring substituents is 1. The van der Waals surface area contributed by atoms with Crippen LogP contribution in [0.4, 0.5) is 17.1 Å². The maximum atomic E-state index is 10.9. The van der Waals surface area contributed by atoms with Crippen LogP contribution in [-0.2, 0) is 4.74 Å². The fraction of sp³-hybridized carbons (Fsp3) is 0.571. The minimum absolute atomic E-state index is 0.0560. The van der Waals surface area contributed by atoms with Gasteiger partial charge in [0.1, 0.15) is 0 Å². The lowest BCUT2D eigenvalue weighted by atomic mass is 9.89. The molecule has 0 spiro atoms. The summed E-state index contributed by atoms with van der Waals surface area (Å²) in [5, 5.41) is 17.1. The van der Waals surface area contributed by atoms with E-state index in [9.17, 15) is 10.1 Å². The summed E-state index contributed by atoms with van der Waals surface area (Å²) in [5.74, 6) is 0. The molecule has 0 fully saturated rings. The molecule has 0 aliphatic rings. The van der Waals surface area contributed by atoms with Crippen molar-refractivity contribution >= 4 is 17.1 Å². The third-order valence-electron chi connectivity index (χ3n) is 3.17. The van der Waals surface area contributed by atoms with Crippen molar-refractivity contribution < 1.29 is 9.66 Å². The number of nitrogens with zero attached hydrogens (tertiary/aromatic N) is 1. The maximum absolute atomic E-state index is 10.9. The van der Waals surface area contributed by atoms with Gasteiger partial charge in [-0.2, -0.15) is 0 Å². The van der Waals surface area contributed by atoms with Crippen molar-refractivity contribution in [1.29, 1.82) is 0 Å². The van der Waals surface area contributed by atoms with Crippen molar-refractivity contribution in [2.45, 2.75) is 20.3 Å². The number of ether oxygens (including phenoxy) is 1. The molecule has 6 nitrogen and oxygen atoms in total. The molecule has 0 saturated heterocycles. The highest BCUT2D eigenvalue weighted by molar-refractivity contribution is 5.63. The van der Waals surface area contributed by atoms with Crippen molar-refractivity contribution in [3.05, 3.63) is 28.3 Å². The third kappa shape index (κ3) is 5.05. The molecule has 0 bridgehead atoms. The standard InChI is InChI=1S/C14H23N3O3/c1-14(2,5-6-20-4)10-16-12-7-11(15-3)8-13(9-12)17(18)19/h7-9,15-16H,5-6,10H2,1-4H3. The number of nitrogens with one attached hydrogen (secondary N) is 2. The Morgan fingerprint density at radius 2 is 1.95 bits per heavy atom. The Hall–Kier alpha value is -1.82. The fourth-order valence-electron chi connectivity index (χ4n) is 1.77. The number of methoxy groups -OCH3 is 1. The number of hydrogen-bond donors (Lipinski definition) is 2. The zero-order valence-electron chi connectivity index (χ0n) is 12.5. The summed E-state index contributed by atoms with van der Waals surface area (Å²) in [6, 6.07) is 4.92. The molecule has 0 aliphatic carbocycles. The lowest BCUT2D eigenvalue weighted by Gasteiger charge is -2.25. The summed E-state index contributed by atoms with van der Waals surface area (Å²) in [6.07, 6.45) is 0.921. The number of rotatable bonds is 8. The second-order valence-electron chi connectivity index (χ2n) is 5.54. The Morgan fingerprint density at radius 1 is 1.30 bits per heavy atom. The highest BCUT2D eigenvalue weighted by Crippen LogP contribution is 2.26. The molecule has 0 heterocycles. The van der Waals surface area contributed by atoms with E-state index in [2.05, 4.69) is 24.5 Å². The van der Waals surface area contributed by atoms with Crippen LogP contribution in [0.25, 0.3) is 0 Å². The highest BCUT2D eigenvalue weighted by atomic mass is 16.6. The average Bonchev–Trinajstić information content (AvgIpc) is 2.42. The van der Waals surface area contributed by atoms with Crippen molar-refractivity contribution in [1.82, 2.24) is 0 Å². The monoisotopic (exact) mass is 281 g/mol. The first-order valence-electron chi connectivity index (χ1n) is 6.58. The molecule has 1 aromatic carbocycles. The number of benzene rings is 1. The molecule has 2 N–H and O–H groups in total. The first kappa shape index (κ1) is 16.2. The van der Waals surface area contributed by atoms with E-state index < -0.39 is 0 Å². The van der Waals surface area contributed by atoms with Gasteiger partial charge in [-0.05, 0) is 17.9 Å². The van der Waals surface area contributed by atoms with Crippen molar-refractivity contribution in [3.63, 3.8) is 0 Å². The van der Waals surface area contributed by atoms with Crippen LogP contribution in [0.3, 0.4) is 0 Å². The minimum Gasteiger partial charge on any atom is -0.388 e. The van der Waals surface area contributed by atoms with Gasteiger partial charge in [0.15, 0.2) is 0 Å². The van der Waals surface area contributed by atoms with Gasteiger partial charge in [-0.1, -0.05) is 13.8 Å². The van der Waals surface area contributed by atoms with E-state index in [1.165, 1.54) is 6.07 Å². The molecule has 6 heteroatoms. The van der Waals surface area contributed by atoms with E-state index >= 15 is 0 Å². The van der Waals surface area contributed by atoms with Crippen LogP contribution in [0, 0.1) is 15.5 Å². The van der Waals surface area contributed by atoms with Gasteiger partial charge in [0, 0.05) is 50.8 Å². The van der Waals surface area contributed by atoms with Gasteiger partial charge < -0.3 is 15.4 Å². The quantitative estimate of drug-likeness (QED) is 0.565. The van der Waals surface area contributed by atoms with E-state index in [0.717, 1.165) is 24.3 Å². The number of nitro groups is 1. The first-order chi connectivity index (χ1) is 9.38. The van der Waals surface area contributed by atoms with Crippen LogP contribution >= 0.6 is 0 Å². The van der Waals surface area contributed by atoms with Crippen molar-refractivity contribution in [3.8, 4) is 0 Å². The molecule has 1 rings (SSSR count). The van der Waals surface area contributed by atoms with Gasteiger partial charge in [-0.15, -0.1) is 0 Å². The van der Waals surface area contributed by atoms with Crippen molar-refractivity contribution in [2.24, 2.45) is 5.41 Å². The SMILES string of the molecule is CNc1cc(NCC(C)(C)CCOC)cc([N+](=O)[O-])c1. The molecule has 0 aliphatic heterocycles. The van der Waals surface area contributed by atoms with Gasteiger partial charge in [0.2, 0.25) is 0 Å². The van der Waals surface area contributed by atoms with Crippen LogP contribution < -0.4 is 10.6 Å². The van der Waals surface area contributed by atoms with Gasteiger partial charge >= 0.3 is 0 Å². The molecule has 0 amide bonds. The second-order valence-corrected chi connectivity index (χ2v) is 5.54. The molecular weight excluding hydrogens is 258 g/mol. The van der Waals surface area contributed by atoms with Crippen molar-refractivity contribution in [2.75, 3.05) is 37.9 Å². The molecule has 0 unspecified atom stereocenters. The van der Waals surface area contributed by atoms with Gasteiger partial charge in [-0.25, -0.2) is 0 Å². The Kier molecular flexibility index (Phi) is 5.76. The largest absolute Gasteiger partial charge is 0.388 e. The molecule has 0 radical (unpaired) electrons. The number of non-ortho nitro benzene ring substituents is 1. The normalized spacial score (nSPS) is 11.2. The summed E-state index contributed by atoms with van der Waals surface area (Å²) in [6.45, 7) is 5.69. The summed E-state index contributed by atoms with van der Waals surface area (Å²) in [7, 11) is 3.43. The van der Waals surface area contributed by atoms with E-state index in [4.69, 9.17) is 4.74 Å². The molecule has 112 valence electrons. The van der Waals surface area contributed by atoms with E-state index in [1.807, 2.05) is 6.07 Å². The number of hydrogen-bond acceptors (Lipinski definition) is 5. The van der Waals surface area contributed by atoms with E-state index in [-0.39, 0.29) is 16.0 Å². The predicted molar refractivity (Wildman–Crippen MR) is 81.4 cm³/mol. The summed E-state index contributed by atoms with van der Waals surface area (Å²) >= 11 is 0. The van der Waals surface area contributed by atoms with Crippen LogP contribution in [0.5, 0.6) is 0 Å². The molecule has 20 heavy (non-hydrogen) atoms. The second kappa shape index (κ2) is 7.09. The Morgan fingerprint density at radius 3 is 2.50 bits per heavy atom. The zero-order valence-corrected chi connectivity index (χ0v) is 12.5. The van der Waals surface area contributed by atoms with Gasteiger partial charge in [-0.3, -0.25) is 10.1 Å². The molecule has 0 saturated carbocycles. The average molecular weight is 281 g/mol. The third-order valence-corrected chi connectivity index (χ3v) is 3.17. The smallest absolute Gasteiger partial charge is 0.273 e. The van der Waals surface area contributed by atoms with E-state index in [0.29, 0.717) is 6.61 Å². The van der Waals surface area contributed by atoms with E-state index in [1.54, 1.807) is 20.2 Å². The van der Waals surface area contributed by atoms with Crippen LogP contribution in [0.15, 0.2) is 18.2 Å². The molecular formula is C14H23N3O3. The maximum Gasteiger partial charge on any atom is 0.273 e. The minimum atomic E-state index is -0.387. The van der Waals surface area contributed by atoms with Crippen LogP contribution in [-0.4, -0.2) is 32.2 Å². The molecule has 0 aromatic heterocycles. The predicted octanol–water partition coefficient (Wildman–Crippen LogP) is 3.11.